The topological polar surface area (TPSA) is 41.1 Å². The highest BCUT2D eigenvalue weighted by Gasteiger charge is 2.32. The zero-order valence-corrected chi connectivity index (χ0v) is 11.3. The van der Waals surface area contributed by atoms with Gasteiger partial charge in [-0.1, -0.05) is 19.8 Å². The molecule has 0 bridgehead atoms. The van der Waals surface area contributed by atoms with Gasteiger partial charge in [0.1, 0.15) is 0 Å². The lowest BCUT2D eigenvalue weighted by Crippen LogP contribution is -2.42. The van der Waals surface area contributed by atoms with Gasteiger partial charge in [0.05, 0.1) is 6.54 Å². The van der Waals surface area contributed by atoms with Gasteiger partial charge in [-0.25, -0.2) is 0 Å². The van der Waals surface area contributed by atoms with Gasteiger partial charge >= 0.3 is 0 Å². The Bertz CT molecular complexity index is 215. The first kappa shape index (κ1) is 13.8. The molecule has 1 saturated carbocycles. The van der Waals surface area contributed by atoms with E-state index in [1.165, 1.54) is 25.7 Å². The first-order chi connectivity index (χ1) is 7.72. The van der Waals surface area contributed by atoms with Gasteiger partial charge in [0.2, 0.25) is 5.91 Å². The Morgan fingerprint density at radius 2 is 2.06 bits per heavy atom. The van der Waals surface area contributed by atoms with E-state index >= 15 is 0 Å². The van der Waals surface area contributed by atoms with Crippen molar-refractivity contribution >= 4 is 17.7 Å². The van der Waals surface area contributed by atoms with Crippen molar-refractivity contribution in [1.29, 1.82) is 0 Å². The highest BCUT2D eigenvalue weighted by atomic mass is 32.2. The molecule has 0 aromatic carbocycles. The zero-order chi connectivity index (χ0) is 11.9. The molecule has 0 heterocycles. The number of carbonyl (C=O) groups excluding carboxylic acids is 1. The molecule has 1 rings (SSSR count). The summed E-state index contributed by atoms with van der Waals surface area (Å²) in [5.74, 6) is 0.133. The quantitative estimate of drug-likeness (QED) is 0.671. The van der Waals surface area contributed by atoms with Crippen LogP contribution in [0.5, 0.6) is 0 Å². The number of amides is 1. The number of rotatable bonds is 7. The smallest absolute Gasteiger partial charge is 0.234 e. The van der Waals surface area contributed by atoms with Crippen LogP contribution in [0.4, 0.5) is 0 Å². The summed E-state index contributed by atoms with van der Waals surface area (Å²) in [7, 11) is 0. The van der Waals surface area contributed by atoms with E-state index in [0.717, 1.165) is 19.5 Å². The van der Waals surface area contributed by atoms with E-state index in [4.69, 9.17) is 0 Å². The van der Waals surface area contributed by atoms with Gasteiger partial charge < -0.3 is 10.6 Å². The number of thioether (sulfide) groups is 1. The molecule has 3 nitrogen and oxygen atoms in total. The van der Waals surface area contributed by atoms with Crippen LogP contribution in [0, 0.1) is 0 Å². The molecule has 0 aliphatic heterocycles. The summed E-state index contributed by atoms with van der Waals surface area (Å²) in [6, 6.07) is 0. The standard InChI is InChI=1S/C12H24N2OS/c1-3-8-13-9-11(15)14-10-12(16-2)6-4-5-7-12/h13H,3-10H2,1-2H3,(H,14,15). The largest absolute Gasteiger partial charge is 0.354 e. The fourth-order valence-corrected chi connectivity index (χ4v) is 3.09. The second-order valence-electron chi connectivity index (χ2n) is 4.55. The van der Waals surface area contributed by atoms with Gasteiger partial charge in [-0.05, 0) is 32.1 Å². The van der Waals surface area contributed by atoms with E-state index in [1.54, 1.807) is 0 Å². The molecule has 1 amide bonds. The Morgan fingerprint density at radius 3 is 2.62 bits per heavy atom. The normalized spacial score (nSPS) is 18.6. The van der Waals surface area contributed by atoms with Crippen LogP contribution in [-0.4, -0.2) is 36.5 Å². The van der Waals surface area contributed by atoms with Crippen LogP contribution in [0.25, 0.3) is 0 Å². The van der Waals surface area contributed by atoms with E-state index in [2.05, 4.69) is 23.8 Å². The van der Waals surface area contributed by atoms with E-state index in [0.29, 0.717) is 11.3 Å². The molecule has 94 valence electrons. The average Bonchev–Trinajstić information content (AvgIpc) is 2.76. The number of hydrogen-bond acceptors (Lipinski definition) is 3. The third kappa shape index (κ3) is 4.34. The summed E-state index contributed by atoms with van der Waals surface area (Å²) in [4.78, 5) is 11.5. The molecule has 0 spiro atoms. The van der Waals surface area contributed by atoms with E-state index < -0.39 is 0 Å². The predicted molar refractivity (Wildman–Crippen MR) is 70.9 cm³/mol. The van der Waals surface area contributed by atoms with Crippen molar-refractivity contribution in [3.8, 4) is 0 Å². The first-order valence-corrected chi connectivity index (χ1v) is 7.47. The lowest BCUT2D eigenvalue weighted by atomic mass is 10.1. The van der Waals surface area contributed by atoms with E-state index in [-0.39, 0.29) is 5.91 Å². The summed E-state index contributed by atoms with van der Waals surface area (Å²) in [6.45, 7) is 4.31. The van der Waals surface area contributed by atoms with Crippen LogP contribution < -0.4 is 10.6 Å². The molecule has 0 radical (unpaired) electrons. The van der Waals surface area contributed by atoms with E-state index in [1.807, 2.05) is 11.8 Å². The lowest BCUT2D eigenvalue weighted by molar-refractivity contribution is -0.120. The highest BCUT2D eigenvalue weighted by Crippen LogP contribution is 2.39. The van der Waals surface area contributed by atoms with Crippen molar-refractivity contribution in [3.63, 3.8) is 0 Å². The molecule has 0 aromatic heterocycles. The third-order valence-electron chi connectivity index (χ3n) is 3.27. The van der Waals surface area contributed by atoms with Crippen LogP contribution in [0.3, 0.4) is 0 Å². The molecule has 0 aromatic rings. The van der Waals surface area contributed by atoms with Crippen LogP contribution in [-0.2, 0) is 4.79 Å². The minimum Gasteiger partial charge on any atom is -0.354 e. The van der Waals surface area contributed by atoms with Gasteiger partial charge in [0.25, 0.3) is 0 Å². The number of nitrogens with one attached hydrogen (secondary N) is 2. The molecule has 1 aliphatic carbocycles. The molecule has 1 aliphatic rings. The van der Waals surface area contributed by atoms with Crippen molar-refractivity contribution in [2.75, 3.05) is 25.9 Å². The van der Waals surface area contributed by atoms with E-state index in [9.17, 15) is 4.79 Å². The van der Waals surface area contributed by atoms with Crippen molar-refractivity contribution in [1.82, 2.24) is 10.6 Å². The molecule has 16 heavy (non-hydrogen) atoms. The summed E-state index contributed by atoms with van der Waals surface area (Å²) in [5, 5.41) is 6.17. The Labute approximate surface area is 103 Å². The Morgan fingerprint density at radius 1 is 1.38 bits per heavy atom. The second-order valence-corrected chi connectivity index (χ2v) is 5.82. The fraction of sp³-hybridized carbons (Fsp3) is 0.917. The Kier molecular flexibility index (Phi) is 6.21. The highest BCUT2D eigenvalue weighted by molar-refractivity contribution is 8.00. The summed E-state index contributed by atoms with van der Waals surface area (Å²) >= 11 is 1.92. The van der Waals surface area contributed by atoms with Crippen LogP contribution >= 0.6 is 11.8 Å². The maximum atomic E-state index is 11.5. The average molecular weight is 244 g/mol. The van der Waals surface area contributed by atoms with Crippen LogP contribution in [0.2, 0.25) is 0 Å². The molecule has 0 saturated heterocycles. The SMILES string of the molecule is CCCNCC(=O)NCC1(SC)CCCC1. The van der Waals surface area contributed by atoms with Crippen molar-refractivity contribution in [3.05, 3.63) is 0 Å². The number of hydrogen-bond donors (Lipinski definition) is 2. The van der Waals surface area contributed by atoms with Crippen LogP contribution in [0.15, 0.2) is 0 Å². The lowest BCUT2D eigenvalue weighted by Gasteiger charge is -2.26. The molecular formula is C12H24N2OS. The summed E-state index contributed by atoms with van der Waals surface area (Å²) in [6.07, 6.45) is 8.35. The minimum atomic E-state index is 0.133. The Hall–Kier alpha value is -0.220. The predicted octanol–water partition coefficient (Wildman–Crippen LogP) is 1.78. The van der Waals surface area contributed by atoms with Crippen LogP contribution in [0.1, 0.15) is 39.0 Å². The van der Waals surface area contributed by atoms with Crippen molar-refractivity contribution in [2.24, 2.45) is 0 Å². The van der Waals surface area contributed by atoms with Gasteiger partial charge in [0, 0.05) is 11.3 Å². The van der Waals surface area contributed by atoms with Gasteiger partial charge in [-0.15, -0.1) is 0 Å². The maximum Gasteiger partial charge on any atom is 0.234 e. The molecule has 0 atom stereocenters. The van der Waals surface area contributed by atoms with Gasteiger partial charge in [-0.2, -0.15) is 11.8 Å². The molecule has 0 unspecified atom stereocenters. The van der Waals surface area contributed by atoms with Crippen molar-refractivity contribution in [2.45, 2.75) is 43.8 Å². The molecule has 4 heteroatoms. The monoisotopic (exact) mass is 244 g/mol. The molecule has 2 N–H and O–H groups in total. The minimum absolute atomic E-state index is 0.133. The maximum absolute atomic E-state index is 11.5. The second kappa shape index (κ2) is 7.17. The van der Waals surface area contributed by atoms with Gasteiger partial charge in [0.15, 0.2) is 0 Å². The fourth-order valence-electron chi connectivity index (χ4n) is 2.17. The third-order valence-corrected chi connectivity index (χ3v) is 4.69. The van der Waals surface area contributed by atoms with Gasteiger partial charge in [-0.3, -0.25) is 4.79 Å². The Balaban J connectivity index is 2.19. The number of carbonyl (C=O) groups is 1. The molecular weight excluding hydrogens is 220 g/mol. The zero-order valence-electron chi connectivity index (χ0n) is 10.5. The van der Waals surface area contributed by atoms with Crippen molar-refractivity contribution < 1.29 is 4.79 Å². The summed E-state index contributed by atoms with van der Waals surface area (Å²) < 4.78 is 0.320. The first-order valence-electron chi connectivity index (χ1n) is 6.25. The summed E-state index contributed by atoms with van der Waals surface area (Å²) in [5.41, 5.74) is 0. The molecule has 1 fully saturated rings.